The fraction of sp³-hybridized carbons (Fsp3) is 0.417. The van der Waals surface area contributed by atoms with E-state index in [0.29, 0.717) is 6.07 Å². The Morgan fingerprint density at radius 2 is 1.91 bits per heavy atom. The summed E-state index contributed by atoms with van der Waals surface area (Å²) in [4.78, 5) is 21.8. The van der Waals surface area contributed by atoms with Crippen molar-refractivity contribution >= 4 is 23.2 Å². The van der Waals surface area contributed by atoms with Crippen molar-refractivity contribution in [2.75, 3.05) is 36.5 Å². The monoisotopic (exact) mass is 334 g/mol. The molecule has 0 aromatic heterocycles. The van der Waals surface area contributed by atoms with E-state index < -0.39 is 34.1 Å². The van der Waals surface area contributed by atoms with E-state index in [4.69, 9.17) is 4.74 Å². The Labute approximate surface area is 127 Å². The number of halogens is 3. The maximum absolute atomic E-state index is 13.2. The number of morpholine rings is 1. The van der Waals surface area contributed by atoms with Gasteiger partial charge in [0.2, 0.25) is 0 Å². The third-order valence-electron chi connectivity index (χ3n) is 3.20. The second-order valence-electron chi connectivity index (χ2n) is 4.65. The molecule has 0 bridgehead atoms. The Kier molecular flexibility index (Phi) is 4.59. The van der Waals surface area contributed by atoms with Gasteiger partial charge in [0.15, 0.2) is 0 Å². The van der Waals surface area contributed by atoms with E-state index in [9.17, 15) is 33.2 Å². The lowest BCUT2D eigenvalue weighted by molar-refractivity contribution is -0.384. The molecule has 0 spiro atoms. The van der Waals surface area contributed by atoms with Gasteiger partial charge in [0.25, 0.3) is 5.69 Å². The molecule has 23 heavy (non-hydrogen) atoms. The van der Waals surface area contributed by atoms with E-state index in [2.05, 4.69) is 0 Å². The van der Waals surface area contributed by atoms with Gasteiger partial charge in [-0.05, 0) is 6.07 Å². The first kappa shape index (κ1) is 16.8. The van der Waals surface area contributed by atoms with Crippen LogP contribution in [0.4, 0.5) is 35.0 Å². The van der Waals surface area contributed by atoms with Crippen molar-refractivity contribution in [2.24, 2.45) is 0 Å². The standard InChI is InChI=1S/C12H12F3N3O5/c13-12(14,15)7-5-10(18(21)22)8(16-11(19)20)6-9(7)17-1-3-23-4-2-17/h5-6,16H,1-4H2,(H,19,20)/p-1. The molecule has 1 amide bonds. The summed E-state index contributed by atoms with van der Waals surface area (Å²) in [6.07, 6.45) is -6.70. The fourth-order valence-corrected chi connectivity index (χ4v) is 2.23. The van der Waals surface area contributed by atoms with Crippen molar-refractivity contribution in [1.29, 1.82) is 0 Å². The van der Waals surface area contributed by atoms with Gasteiger partial charge in [0, 0.05) is 19.2 Å². The molecule has 1 N–H and O–H groups in total. The maximum atomic E-state index is 13.2. The summed E-state index contributed by atoms with van der Waals surface area (Å²) < 4.78 is 44.7. The average molecular weight is 334 g/mol. The minimum absolute atomic E-state index is 0.144. The summed E-state index contributed by atoms with van der Waals surface area (Å²) in [5.74, 6) is 0. The molecule has 0 aliphatic carbocycles. The number of ether oxygens (including phenoxy) is 1. The number of carboxylic acid groups (broad SMARTS) is 1. The number of nitro benzene ring substituents is 1. The molecule has 11 heteroatoms. The SMILES string of the molecule is O=C([O-])Nc1cc(N2CCOCC2)c(C(F)(F)F)cc1[N+](=O)[O-]. The molecule has 8 nitrogen and oxygen atoms in total. The number of nitrogens with zero attached hydrogens (tertiary/aromatic N) is 2. The zero-order valence-corrected chi connectivity index (χ0v) is 11.6. The van der Waals surface area contributed by atoms with Crippen LogP contribution in [0, 0.1) is 10.1 Å². The molecular weight excluding hydrogens is 323 g/mol. The van der Waals surface area contributed by atoms with Crippen molar-refractivity contribution in [1.82, 2.24) is 0 Å². The summed E-state index contributed by atoms with van der Waals surface area (Å²) in [7, 11) is 0. The Balaban J connectivity index is 2.60. The minimum Gasteiger partial charge on any atom is -0.530 e. The third-order valence-corrected chi connectivity index (χ3v) is 3.20. The lowest BCUT2D eigenvalue weighted by atomic mass is 10.1. The van der Waals surface area contributed by atoms with Gasteiger partial charge in [-0.1, -0.05) is 0 Å². The molecule has 0 unspecified atom stereocenters. The van der Waals surface area contributed by atoms with Gasteiger partial charge in [-0.3, -0.25) is 10.1 Å². The van der Waals surface area contributed by atoms with E-state index in [1.807, 2.05) is 0 Å². The van der Waals surface area contributed by atoms with Crippen LogP contribution in [-0.2, 0) is 10.9 Å². The van der Waals surface area contributed by atoms with Crippen LogP contribution in [0.25, 0.3) is 0 Å². The van der Waals surface area contributed by atoms with Crippen molar-refractivity contribution in [3.8, 4) is 0 Å². The van der Waals surface area contributed by atoms with Crippen LogP contribution in [0.2, 0.25) is 0 Å². The van der Waals surface area contributed by atoms with E-state index in [-0.39, 0.29) is 32.0 Å². The Morgan fingerprint density at radius 3 is 2.39 bits per heavy atom. The smallest absolute Gasteiger partial charge is 0.418 e. The van der Waals surface area contributed by atoms with Crippen molar-refractivity contribution in [3.05, 3.63) is 27.8 Å². The van der Waals surface area contributed by atoms with Crippen LogP contribution in [0.15, 0.2) is 12.1 Å². The predicted molar refractivity (Wildman–Crippen MR) is 70.1 cm³/mol. The minimum atomic E-state index is -4.83. The summed E-state index contributed by atoms with van der Waals surface area (Å²) >= 11 is 0. The number of carbonyl (C=O) groups excluding carboxylic acids is 1. The summed E-state index contributed by atoms with van der Waals surface area (Å²) in [6.45, 7) is 0.673. The second-order valence-corrected chi connectivity index (χ2v) is 4.65. The van der Waals surface area contributed by atoms with Gasteiger partial charge >= 0.3 is 6.18 Å². The number of anilines is 2. The fourth-order valence-electron chi connectivity index (χ4n) is 2.23. The zero-order chi connectivity index (χ0) is 17.2. The van der Waals surface area contributed by atoms with Crippen LogP contribution in [0.5, 0.6) is 0 Å². The summed E-state index contributed by atoms with van der Waals surface area (Å²) in [5, 5.41) is 23.2. The lowest BCUT2D eigenvalue weighted by Crippen LogP contribution is -2.37. The van der Waals surface area contributed by atoms with Gasteiger partial charge in [-0.2, -0.15) is 13.2 Å². The molecule has 1 saturated heterocycles. The van der Waals surface area contributed by atoms with Gasteiger partial charge in [-0.15, -0.1) is 0 Å². The first-order valence-corrected chi connectivity index (χ1v) is 6.40. The largest absolute Gasteiger partial charge is 0.530 e. The quantitative estimate of drug-likeness (QED) is 0.657. The van der Waals surface area contributed by atoms with Crippen LogP contribution in [0.1, 0.15) is 5.56 Å². The van der Waals surface area contributed by atoms with Gasteiger partial charge in [0.05, 0.1) is 29.4 Å². The number of carbonyl (C=O) groups is 1. The highest BCUT2D eigenvalue weighted by molar-refractivity contribution is 5.87. The van der Waals surface area contributed by atoms with E-state index in [1.165, 1.54) is 4.90 Å². The van der Waals surface area contributed by atoms with Crippen LogP contribution >= 0.6 is 0 Å². The number of nitro groups is 1. The first-order chi connectivity index (χ1) is 10.7. The van der Waals surface area contributed by atoms with Gasteiger partial charge in [-0.25, -0.2) is 0 Å². The number of hydrogen-bond donors (Lipinski definition) is 1. The molecule has 126 valence electrons. The number of hydrogen-bond acceptors (Lipinski definition) is 6. The number of benzene rings is 1. The first-order valence-electron chi connectivity index (χ1n) is 6.40. The molecule has 1 heterocycles. The molecule has 0 radical (unpaired) electrons. The number of alkyl halides is 3. The zero-order valence-electron chi connectivity index (χ0n) is 11.6. The normalized spacial score (nSPS) is 15.3. The molecule has 2 rings (SSSR count). The summed E-state index contributed by atoms with van der Waals surface area (Å²) in [6, 6.07) is 1.11. The molecule has 1 aliphatic heterocycles. The number of amides is 1. The maximum Gasteiger partial charge on any atom is 0.418 e. The molecule has 1 aliphatic rings. The Morgan fingerprint density at radius 1 is 1.30 bits per heavy atom. The van der Waals surface area contributed by atoms with E-state index in [1.54, 1.807) is 5.32 Å². The van der Waals surface area contributed by atoms with Gasteiger partial charge < -0.3 is 24.9 Å². The lowest BCUT2D eigenvalue weighted by Gasteiger charge is -2.31. The van der Waals surface area contributed by atoms with Crippen LogP contribution in [-0.4, -0.2) is 37.3 Å². The van der Waals surface area contributed by atoms with Crippen molar-refractivity contribution in [3.63, 3.8) is 0 Å². The topological polar surface area (TPSA) is 108 Å². The van der Waals surface area contributed by atoms with E-state index in [0.717, 1.165) is 6.07 Å². The van der Waals surface area contributed by atoms with Crippen LogP contribution < -0.4 is 15.3 Å². The van der Waals surface area contributed by atoms with Crippen molar-refractivity contribution < 1.29 is 32.7 Å². The Hall–Kier alpha value is -2.56. The number of rotatable bonds is 3. The number of nitrogens with one attached hydrogen (secondary N) is 1. The third kappa shape index (κ3) is 3.80. The molecule has 0 atom stereocenters. The van der Waals surface area contributed by atoms with E-state index >= 15 is 0 Å². The predicted octanol–water partition coefficient (Wildman–Crippen LogP) is 1.21. The molecule has 1 aromatic carbocycles. The molecular formula is C12H11F3N3O5-. The summed E-state index contributed by atoms with van der Waals surface area (Å²) in [5.41, 5.74) is -3.15. The highest BCUT2D eigenvalue weighted by Crippen LogP contribution is 2.42. The van der Waals surface area contributed by atoms with Gasteiger partial charge in [0.1, 0.15) is 11.8 Å². The molecule has 1 fully saturated rings. The highest BCUT2D eigenvalue weighted by Gasteiger charge is 2.38. The average Bonchev–Trinajstić information content (AvgIpc) is 2.45. The van der Waals surface area contributed by atoms with Crippen LogP contribution in [0.3, 0.4) is 0 Å². The Bertz CT molecular complexity index is 629. The molecule has 0 saturated carbocycles. The van der Waals surface area contributed by atoms with Crippen molar-refractivity contribution in [2.45, 2.75) is 6.18 Å². The highest BCUT2D eigenvalue weighted by atomic mass is 19.4. The second kappa shape index (κ2) is 6.28. The molecule has 1 aromatic rings.